The number of fused-ring (bicyclic) bond motifs is 2. The van der Waals surface area contributed by atoms with Crippen LogP contribution in [0, 0.1) is 5.92 Å². The number of carbonyl (C=O) groups is 1. The predicted octanol–water partition coefficient (Wildman–Crippen LogP) is 3.15. The van der Waals surface area contributed by atoms with Crippen molar-refractivity contribution in [2.75, 3.05) is 0 Å². The minimum absolute atomic E-state index is 0.0819. The maximum atomic E-state index is 12.1. The fraction of sp³-hybridized carbons (Fsp3) is 0.545. The van der Waals surface area contributed by atoms with E-state index in [0.717, 1.165) is 24.1 Å². The highest BCUT2D eigenvalue weighted by molar-refractivity contribution is 7.18. The molecule has 3 unspecified atom stereocenters. The first-order chi connectivity index (χ1) is 7.24. The fourth-order valence-electron chi connectivity index (χ4n) is 2.54. The van der Waals surface area contributed by atoms with Crippen LogP contribution in [0.4, 0.5) is 0 Å². The molecular formula is C11H11ClO2S. The van der Waals surface area contributed by atoms with Crippen LogP contribution in [-0.2, 0) is 4.74 Å². The van der Waals surface area contributed by atoms with Gasteiger partial charge in [-0.05, 0) is 31.4 Å². The lowest BCUT2D eigenvalue weighted by Gasteiger charge is -2.15. The molecule has 3 heterocycles. The molecule has 1 aromatic rings. The Morgan fingerprint density at radius 1 is 1.47 bits per heavy atom. The summed E-state index contributed by atoms with van der Waals surface area (Å²) in [7, 11) is 0. The Bertz CT molecular complexity index is 401. The van der Waals surface area contributed by atoms with E-state index in [1.165, 1.54) is 11.3 Å². The molecule has 0 aromatic carbocycles. The first-order valence-electron chi connectivity index (χ1n) is 5.19. The average molecular weight is 243 g/mol. The lowest BCUT2D eigenvalue weighted by Crippen LogP contribution is -2.24. The van der Waals surface area contributed by atoms with E-state index < -0.39 is 0 Å². The monoisotopic (exact) mass is 242 g/mol. The smallest absolute Gasteiger partial charge is 0.178 e. The van der Waals surface area contributed by atoms with Gasteiger partial charge in [0.2, 0.25) is 0 Å². The Labute approximate surface area is 97.2 Å². The van der Waals surface area contributed by atoms with Crippen molar-refractivity contribution in [3.8, 4) is 0 Å². The van der Waals surface area contributed by atoms with Crippen molar-refractivity contribution in [1.29, 1.82) is 0 Å². The van der Waals surface area contributed by atoms with Crippen LogP contribution in [0.15, 0.2) is 12.1 Å². The number of halogens is 1. The van der Waals surface area contributed by atoms with Gasteiger partial charge in [0.15, 0.2) is 5.78 Å². The predicted molar refractivity (Wildman–Crippen MR) is 59.7 cm³/mol. The second-order valence-corrected chi connectivity index (χ2v) is 5.90. The van der Waals surface area contributed by atoms with Gasteiger partial charge >= 0.3 is 0 Å². The topological polar surface area (TPSA) is 26.3 Å². The van der Waals surface area contributed by atoms with Crippen molar-refractivity contribution in [2.24, 2.45) is 5.92 Å². The van der Waals surface area contributed by atoms with Crippen LogP contribution >= 0.6 is 22.9 Å². The number of ether oxygens (including phenoxy) is 1. The molecule has 1 aromatic heterocycles. The van der Waals surface area contributed by atoms with Crippen LogP contribution in [0.5, 0.6) is 0 Å². The molecule has 0 spiro atoms. The zero-order chi connectivity index (χ0) is 10.4. The third-order valence-electron chi connectivity index (χ3n) is 3.26. The molecule has 2 aliphatic rings. The number of Topliss-reactive ketones (excluding diaryl/α,β-unsaturated/α-hetero) is 1. The molecule has 2 aliphatic heterocycles. The molecule has 3 atom stereocenters. The van der Waals surface area contributed by atoms with Crippen LogP contribution in [0.3, 0.4) is 0 Å². The van der Waals surface area contributed by atoms with E-state index in [1.807, 2.05) is 6.07 Å². The molecule has 0 amide bonds. The van der Waals surface area contributed by atoms with Gasteiger partial charge in [-0.3, -0.25) is 4.79 Å². The molecule has 80 valence electrons. The summed E-state index contributed by atoms with van der Waals surface area (Å²) in [5.74, 6) is 0.303. The summed E-state index contributed by atoms with van der Waals surface area (Å²) in [4.78, 5) is 12.9. The van der Waals surface area contributed by atoms with Crippen molar-refractivity contribution >= 4 is 28.7 Å². The Balaban J connectivity index is 1.81. The molecule has 0 radical (unpaired) electrons. The molecule has 4 heteroatoms. The minimum Gasteiger partial charge on any atom is -0.374 e. The first-order valence-corrected chi connectivity index (χ1v) is 6.38. The minimum atomic E-state index is 0.0819. The van der Waals surface area contributed by atoms with Crippen LogP contribution in [0.1, 0.15) is 28.9 Å². The summed E-state index contributed by atoms with van der Waals surface area (Å²) < 4.78 is 6.37. The maximum absolute atomic E-state index is 12.1. The van der Waals surface area contributed by atoms with Gasteiger partial charge in [0, 0.05) is 0 Å². The summed E-state index contributed by atoms with van der Waals surface area (Å²) in [6.45, 7) is 0. The van der Waals surface area contributed by atoms with Gasteiger partial charge in [0.05, 0.1) is 27.3 Å². The zero-order valence-corrected chi connectivity index (χ0v) is 9.68. The Kier molecular flexibility index (Phi) is 2.34. The van der Waals surface area contributed by atoms with Gasteiger partial charge < -0.3 is 4.74 Å². The summed E-state index contributed by atoms with van der Waals surface area (Å²) in [5, 5.41) is 0. The van der Waals surface area contributed by atoms with E-state index in [1.54, 1.807) is 6.07 Å². The lowest BCUT2D eigenvalue weighted by molar-refractivity contribution is 0.0746. The van der Waals surface area contributed by atoms with E-state index in [9.17, 15) is 4.79 Å². The fourth-order valence-corrected chi connectivity index (χ4v) is 3.59. The molecule has 2 nitrogen and oxygen atoms in total. The van der Waals surface area contributed by atoms with Gasteiger partial charge in [-0.25, -0.2) is 0 Å². The summed E-state index contributed by atoms with van der Waals surface area (Å²) >= 11 is 7.20. The second kappa shape index (κ2) is 3.58. The van der Waals surface area contributed by atoms with Crippen molar-refractivity contribution in [2.45, 2.75) is 31.5 Å². The molecular weight excluding hydrogens is 232 g/mol. The standard InChI is InChI=1S/C11H11ClO2S/c12-10-4-3-9(15-10)11(13)7-5-6-1-2-8(7)14-6/h3-4,6-8H,1-2,5H2. The normalized spacial score (nSPS) is 33.5. The Morgan fingerprint density at radius 2 is 2.33 bits per heavy atom. The molecule has 2 bridgehead atoms. The lowest BCUT2D eigenvalue weighted by atomic mass is 9.86. The van der Waals surface area contributed by atoms with Crippen LogP contribution in [0.2, 0.25) is 4.34 Å². The number of thiophene rings is 1. The van der Waals surface area contributed by atoms with Crippen molar-refractivity contribution in [1.82, 2.24) is 0 Å². The summed E-state index contributed by atoms with van der Waals surface area (Å²) in [5.41, 5.74) is 0. The summed E-state index contributed by atoms with van der Waals surface area (Å²) in [6, 6.07) is 3.61. The van der Waals surface area contributed by atoms with E-state index in [-0.39, 0.29) is 17.8 Å². The van der Waals surface area contributed by atoms with Crippen molar-refractivity contribution in [3.63, 3.8) is 0 Å². The highest BCUT2D eigenvalue weighted by atomic mass is 35.5. The molecule has 15 heavy (non-hydrogen) atoms. The van der Waals surface area contributed by atoms with E-state index in [0.29, 0.717) is 10.4 Å². The quantitative estimate of drug-likeness (QED) is 0.745. The molecule has 3 rings (SSSR count). The molecule has 2 fully saturated rings. The number of ketones is 1. The van der Waals surface area contributed by atoms with Crippen LogP contribution < -0.4 is 0 Å². The van der Waals surface area contributed by atoms with Crippen molar-refractivity contribution < 1.29 is 9.53 Å². The highest BCUT2D eigenvalue weighted by Gasteiger charge is 2.44. The zero-order valence-electron chi connectivity index (χ0n) is 8.11. The highest BCUT2D eigenvalue weighted by Crippen LogP contribution is 2.41. The molecule has 0 saturated carbocycles. The molecule has 0 aliphatic carbocycles. The van der Waals surface area contributed by atoms with Crippen molar-refractivity contribution in [3.05, 3.63) is 21.3 Å². The second-order valence-electron chi connectivity index (χ2n) is 4.18. The van der Waals surface area contributed by atoms with E-state index in [2.05, 4.69) is 0 Å². The summed E-state index contributed by atoms with van der Waals surface area (Å²) in [6.07, 6.45) is 3.57. The number of carbonyl (C=O) groups excluding carboxylic acids is 1. The van der Waals surface area contributed by atoms with Gasteiger partial charge in [0.1, 0.15) is 0 Å². The average Bonchev–Trinajstić information content (AvgIpc) is 2.90. The van der Waals surface area contributed by atoms with Gasteiger partial charge in [0.25, 0.3) is 0 Å². The number of hydrogen-bond acceptors (Lipinski definition) is 3. The van der Waals surface area contributed by atoms with Crippen LogP contribution in [0.25, 0.3) is 0 Å². The Hall–Kier alpha value is -0.380. The van der Waals surface area contributed by atoms with Gasteiger partial charge in [-0.1, -0.05) is 11.6 Å². The van der Waals surface area contributed by atoms with E-state index >= 15 is 0 Å². The van der Waals surface area contributed by atoms with Crippen LogP contribution in [-0.4, -0.2) is 18.0 Å². The third kappa shape index (κ3) is 1.63. The SMILES string of the molecule is O=C(c1ccc(Cl)s1)C1CC2CCC1O2. The number of hydrogen-bond donors (Lipinski definition) is 0. The van der Waals surface area contributed by atoms with Gasteiger partial charge in [-0.2, -0.15) is 0 Å². The maximum Gasteiger partial charge on any atom is 0.178 e. The Morgan fingerprint density at radius 3 is 2.87 bits per heavy atom. The molecule has 2 saturated heterocycles. The van der Waals surface area contributed by atoms with E-state index in [4.69, 9.17) is 16.3 Å². The largest absolute Gasteiger partial charge is 0.374 e. The molecule has 0 N–H and O–H groups in total. The van der Waals surface area contributed by atoms with Gasteiger partial charge in [-0.15, -0.1) is 11.3 Å². The first kappa shape index (κ1) is 9.82. The third-order valence-corrected chi connectivity index (χ3v) is 4.50. The number of rotatable bonds is 2.